The summed E-state index contributed by atoms with van der Waals surface area (Å²) in [5.74, 6) is 0.686. The van der Waals surface area contributed by atoms with Crippen molar-refractivity contribution in [2.24, 2.45) is 17.1 Å². The lowest BCUT2D eigenvalue weighted by molar-refractivity contribution is -0.0660. The molecular formula is C18H34N2O. The van der Waals surface area contributed by atoms with E-state index in [1.54, 1.807) is 0 Å². The maximum atomic E-state index is 6.30. The molecule has 122 valence electrons. The Kier molecular flexibility index (Phi) is 4.63. The van der Waals surface area contributed by atoms with Crippen LogP contribution in [0.5, 0.6) is 0 Å². The van der Waals surface area contributed by atoms with Crippen LogP contribution >= 0.6 is 0 Å². The van der Waals surface area contributed by atoms with E-state index in [1.165, 1.54) is 64.3 Å². The van der Waals surface area contributed by atoms with Crippen LogP contribution in [0.25, 0.3) is 0 Å². The minimum absolute atomic E-state index is 0.269. The number of hydrogen-bond acceptors (Lipinski definition) is 3. The Labute approximate surface area is 130 Å². The topological polar surface area (TPSA) is 38.5 Å². The van der Waals surface area contributed by atoms with Gasteiger partial charge in [-0.15, -0.1) is 0 Å². The summed E-state index contributed by atoms with van der Waals surface area (Å²) in [6.07, 6.45) is 13.0. The Bertz CT molecular complexity index is 341. The highest BCUT2D eigenvalue weighted by Crippen LogP contribution is 2.52. The van der Waals surface area contributed by atoms with Crippen LogP contribution in [0, 0.1) is 11.3 Å². The summed E-state index contributed by atoms with van der Waals surface area (Å²) >= 11 is 0. The smallest absolute Gasteiger partial charge is 0.0724 e. The summed E-state index contributed by atoms with van der Waals surface area (Å²) in [4.78, 5) is 2.70. The van der Waals surface area contributed by atoms with E-state index >= 15 is 0 Å². The van der Waals surface area contributed by atoms with Crippen LogP contribution in [-0.4, -0.2) is 43.3 Å². The average Bonchev–Trinajstić information content (AvgIpc) is 2.98. The molecule has 0 amide bonds. The van der Waals surface area contributed by atoms with Crippen molar-refractivity contribution in [3.63, 3.8) is 0 Å². The Morgan fingerprint density at radius 2 is 1.76 bits per heavy atom. The molecule has 3 aliphatic rings. The lowest BCUT2D eigenvalue weighted by Gasteiger charge is -2.53. The molecule has 0 bridgehead atoms. The second-order valence-corrected chi connectivity index (χ2v) is 8.12. The van der Waals surface area contributed by atoms with Crippen LogP contribution in [0.15, 0.2) is 0 Å². The maximum Gasteiger partial charge on any atom is 0.0724 e. The average molecular weight is 294 g/mol. The monoisotopic (exact) mass is 294 g/mol. The van der Waals surface area contributed by atoms with E-state index in [0.717, 1.165) is 13.1 Å². The van der Waals surface area contributed by atoms with Gasteiger partial charge in [0.05, 0.1) is 6.10 Å². The lowest BCUT2D eigenvalue weighted by atomic mass is 9.65. The van der Waals surface area contributed by atoms with Crippen LogP contribution in [0.4, 0.5) is 0 Å². The Hall–Kier alpha value is -0.120. The highest BCUT2D eigenvalue weighted by Gasteiger charge is 2.47. The van der Waals surface area contributed by atoms with E-state index in [9.17, 15) is 0 Å². The van der Waals surface area contributed by atoms with Crippen LogP contribution in [0.3, 0.4) is 0 Å². The molecule has 1 saturated heterocycles. The quantitative estimate of drug-likeness (QED) is 0.869. The SMILES string of the molecule is COC1CN(C2(CN)CCC3(CCCC3)CC2)CCC1C. The molecule has 3 heteroatoms. The molecule has 3 rings (SSSR count). The van der Waals surface area contributed by atoms with E-state index in [0.29, 0.717) is 17.4 Å². The van der Waals surface area contributed by atoms with Gasteiger partial charge < -0.3 is 10.5 Å². The molecule has 2 N–H and O–H groups in total. The van der Waals surface area contributed by atoms with Crippen molar-refractivity contribution in [2.75, 3.05) is 26.7 Å². The fourth-order valence-electron chi connectivity index (χ4n) is 5.29. The number of likely N-dealkylation sites (tertiary alicyclic amines) is 1. The minimum atomic E-state index is 0.269. The molecular weight excluding hydrogens is 260 g/mol. The van der Waals surface area contributed by atoms with Crippen LogP contribution in [-0.2, 0) is 4.74 Å². The summed E-state index contributed by atoms with van der Waals surface area (Å²) in [7, 11) is 1.87. The number of methoxy groups -OCH3 is 1. The first-order valence-electron chi connectivity index (χ1n) is 9.11. The standard InChI is InChI=1S/C18H34N2O/c1-15-5-12-20(13-16(15)21-2)18(14-19)10-8-17(9-11-18)6-3-4-7-17/h15-16H,3-14,19H2,1-2H3. The van der Waals surface area contributed by atoms with Gasteiger partial charge in [-0.1, -0.05) is 19.8 Å². The number of rotatable bonds is 3. The molecule has 0 aromatic rings. The van der Waals surface area contributed by atoms with Crippen molar-refractivity contribution >= 4 is 0 Å². The molecule has 1 heterocycles. The fraction of sp³-hybridized carbons (Fsp3) is 1.00. The predicted molar refractivity (Wildman–Crippen MR) is 87.3 cm³/mol. The summed E-state index contributed by atoms with van der Waals surface area (Å²) in [5, 5.41) is 0. The van der Waals surface area contributed by atoms with Crippen molar-refractivity contribution in [1.29, 1.82) is 0 Å². The fourth-order valence-corrected chi connectivity index (χ4v) is 5.29. The number of nitrogens with zero attached hydrogens (tertiary/aromatic N) is 1. The van der Waals surface area contributed by atoms with Crippen molar-refractivity contribution in [3.05, 3.63) is 0 Å². The number of hydrogen-bond donors (Lipinski definition) is 1. The summed E-state index contributed by atoms with van der Waals surface area (Å²) in [5.41, 5.74) is 7.26. The number of ether oxygens (including phenoxy) is 1. The molecule has 2 unspecified atom stereocenters. The maximum absolute atomic E-state index is 6.30. The minimum Gasteiger partial charge on any atom is -0.380 e. The second-order valence-electron chi connectivity index (χ2n) is 8.12. The van der Waals surface area contributed by atoms with Gasteiger partial charge in [-0.3, -0.25) is 4.90 Å². The van der Waals surface area contributed by atoms with Crippen LogP contribution < -0.4 is 5.73 Å². The molecule has 1 spiro atoms. The van der Waals surface area contributed by atoms with Crippen molar-refractivity contribution < 1.29 is 4.74 Å². The zero-order valence-electron chi connectivity index (χ0n) is 14.1. The van der Waals surface area contributed by atoms with E-state index < -0.39 is 0 Å². The third-order valence-electron chi connectivity index (χ3n) is 7.15. The Morgan fingerprint density at radius 3 is 2.33 bits per heavy atom. The van der Waals surface area contributed by atoms with Gasteiger partial charge in [0.15, 0.2) is 0 Å². The van der Waals surface area contributed by atoms with Gasteiger partial charge in [-0.25, -0.2) is 0 Å². The van der Waals surface area contributed by atoms with Gasteiger partial charge in [-0.2, -0.15) is 0 Å². The molecule has 1 aliphatic heterocycles. The number of piperidine rings is 1. The van der Waals surface area contributed by atoms with Gasteiger partial charge >= 0.3 is 0 Å². The van der Waals surface area contributed by atoms with Gasteiger partial charge in [0.1, 0.15) is 0 Å². The van der Waals surface area contributed by atoms with E-state index in [-0.39, 0.29) is 5.54 Å². The zero-order valence-corrected chi connectivity index (χ0v) is 14.1. The second kappa shape index (κ2) is 6.17. The summed E-state index contributed by atoms with van der Waals surface area (Å²) in [6, 6.07) is 0. The van der Waals surface area contributed by atoms with Gasteiger partial charge in [0.25, 0.3) is 0 Å². The van der Waals surface area contributed by atoms with Gasteiger partial charge in [0, 0.05) is 25.7 Å². The molecule has 21 heavy (non-hydrogen) atoms. The van der Waals surface area contributed by atoms with Crippen LogP contribution in [0.2, 0.25) is 0 Å². The summed E-state index contributed by atoms with van der Waals surface area (Å²) < 4.78 is 5.72. The summed E-state index contributed by atoms with van der Waals surface area (Å²) in [6.45, 7) is 5.45. The molecule has 2 saturated carbocycles. The van der Waals surface area contributed by atoms with E-state index in [1.807, 2.05) is 7.11 Å². The Morgan fingerprint density at radius 1 is 1.10 bits per heavy atom. The first-order valence-corrected chi connectivity index (χ1v) is 9.11. The molecule has 0 aromatic carbocycles. The normalized spacial score (nSPS) is 36.1. The van der Waals surface area contributed by atoms with Gasteiger partial charge in [-0.05, 0) is 62.8 Å². The highest BCUT2D eigenvalue weighted by atomic mass is 16.5. The first kappa shape index (κ1) is 15.8. The van der Waals surface area contributed by atoms with Crippen molar-refractivity contribution in [2.45, 2.75) is 76.4 Å². The molecule has 3 fully saturated rings. The molecule has 2 aliphatic carbocycles. The van der Waals surface area contributed by atoms with Crippen LogP contribution in [0.1, 0.15) is 64.7 Å². The first-order chi connectivity index (χ1) is 10.1. The predicted octanol–water partition coefficient (Wildman–Crippen LogP) is 3.18. The van der Waals surface area contributed by atoms with Crippen molar-refractivity contribution in [1.82, 2.24) is 4.90 Å². The van der Waals surface area contributed by atoms with E-state index in [2.05, 4.69) is 11.8 Å². The van der Waals surface area contributed by atoms with E-state index in [4.69, 9.17) is 10.5 Å². The third-order valence-corrected chi connectivity index (χ3v) is 7.15. The molecule has 0 aromatic heterocycles. The molecule has 2 atom stereocenters. The van der Waals surface area contributed by atoms with Crippen molar-refractivity contribution in [3.8, 4) is 0 Å². The largest absolute Gasteiger partial charge is 0.380 e. The van der Waals surface area contributed by atoms with Gasteiger partial charge in [0.2, 0.25) is 0 Å². The zero-order chi connectivity index (χ0) is 14.9. The lowest BCUT2D eigenvalue weighted by Crippen LogP contribution is -2.61. The third kappa shape index (κ3) is 2.89. The molecule has 3 nitrogen and oxygen atoms in total. The highest BCUT2D eigenvalue weighted by molar-refractivity contribution is 5.02. The number of nitrogens with two attached hydrogens (primary N) is 1. The molecule has 0 radical (unpaired) electrons. The Balaban J connectivity index is 1.67.